The molecule has 1 aliphatic rings. The van der Waals surface area contributed by atoms with Crippen LogP contribution in [0.2, 0.25) is 0 Å². The summed E-state index contributed by atoms with van der Waals surface area (Å²) in [6.45, 7) is 3.04. The maximum atomic E-state index is 11.4. The molecule has 3 aromatic rings. The second kappa shape index (κ2) is 6.72. The van der Waals surface area contributed by atoms with E-state index in [1.54, 1.807) is 17.4 Å². The molecule has 0 bridgehead atoms. The number of hydrogen-bond donors (Lipinski definition) is 0. The van der Waals surface area contributed by atoms with Crippen LogP contribution in [0.3, 0.4) is 0 Å². The van der Waals surface area contributed by atoms with Crippen LogP contribution in [0.15, 0.2) is 42.5 Å². The molecule has 1 aliphatic heterocycles. The second-order valence-corrected chi connectivity index (χ2v) is 7.07. The highest BCUT2D eigenvalue weighted by Gasteiger charge is 2.22. The second-order valence-electron chi connectivity index (χ2n) is 6.06. The first-order chi connectivity index (χ1) is 12.7. The van der Waals surface area contributed by atoms with Crippen molar-refractivity contribution in [1.29, 1.82) is 0 Å². The quantitative estimate of drug-likeness (QED) is 0.399. The Morgan fingerprint density at radius 3 is 2.50 bits per heavy atom. The first-order valence-corrected chi connectivity index (χ1v) is 9.06. The number of nitro benzene ring substituents is 1. The van der Waals surface area contributed by atoms with Gasteiger partial charge in [-0.25, -0.2) is 4.98 Å². The van der Waals surface area contributed by atoms with E-state index in [1.807, 2.05) is 18.2 Å². The minimum absolute atomic E-state index is 0.0658. The van der Waals surface area contributed by atoms with Crippen LogP contribution in [0.25, 0.3) is 10.2 Å². The van der Waals surface area contributed by atoms with Crippen LogP contribution in [0, 0.1) is 10.1 Å². The van der Waals surface area contributed by atoms with Crippen molar-refractivity contribution >= 4 is 44.3 Å². The molecule has 0 amide bonds. The molecule has 26 heavy (non-hydrogen) atoms. The van der Waals surface area contributed by atoms with Gasteiger partial charge in [0.05, 0.1) is 15.1 Å². The molecular weight excluding hydrogens is 352 g/mol. The van der Waals surface area contributed by atoms with Crippen molar-refractivity contribution in [2.45, 2.75) is 0 Å². The maximum Gasteiger partial charge on any atom is 0.270 e. The zero-order valence-electron chi connectivity index (χ0n) is 13.9. The molecule has 0 saturated carbocycles. The number of rotatable bonds is 4. The SMILES string of the molecule is O=Cc1cc([N+](=O)[O-])ccc1N1CCN(c2nc3ccccc3s2)CC1. The average molecular weight is 368 g/mol. The predicted octanol–water partition coefficient (Wildman–Crippen LogP) is 3.34. The third-order valence-electron chi connectivity index (χ3n) is 4.52. The van der Waals surface area contributed by atoms with Gasteiger partial charge in [-0.05, 0) is 18.2 Å². The predicted molar refractivity (Wildman–Crippen MR) is 103 cm³/mol. The highest BCUT2D eigenvalue weighted by Crippen LogP contribution is 2.30. The lowest BCUT2D eigenvalue weighted by molar-refractivity contribution is -0.384. The third-order valence-corrected chi connectivity index (χ3v) is 5.62. The summed E-state index contributed by atoms with van der Waals surface area (Å²) in [4.78, 5) is 30.8. The number of aldehydes is 1. The Balaban J connectivity index is 1.51. The summed E-state index contributed by atoms with van der Waals surface area (Å²) in [5, 5.41) is 11.9. The number of anilines is 2. The molecular formula is C18H16N4O3S. The van der Waals surface area contributed by atoms with Crippen molar-refractivity contribution < 1.29 is 9.72 Å². The van der Waals surface area contributed by atoms with Crippen molar-refractivity contribution in [3.63, 3.8) is 0 Å². The Bertz CT molecular complexity index is 946. The van der Waals surface area contributed by atoms with E-state index in [0.29, 0.717) is 11.8 Å². The van der Waals surface area contributed by atoms with E-state index in [-0.39, 0.29) is 5.69 Å². The monoisotopic (exact) mass is 368 g/mol. The fourth-order valence-electron chi connectivity index (χ4n) is 3.17. The first kappa shape index (κ1) is 16.5. The van der Waals surface area contributed by atoms with Crippen LogP contribution in [0.1, 0.15) is 10.4 Å². The lowest BCUT2D eigenvalue weighted by atomic mass is 10.1. The van der Waals surface area contributed by atoms with Gasteiger partial charge in [0.15, 0.2) is 11.4 Å². The van der Waals surface area contributed by atoms with Crippen LogP contribution in [0.4, 0.5) is 16.5 Å². The number of thiazole rings is 1. The highest BCUT2D eigenvalue weighted by molar-refractivity contribution is 7.22. The van der Waals surface area contributed by atoms with E-state index in [1.165, 1.54) is 16.8 Å². The molecule has 0 aliphatic carbocycles. The maximum absolute atomic E-state index is 11.4. The molecule has 0 unspecified atom stereocenters. The summed E-state index contributed by atoms with van der Waals surface area (Å²) in [7, 11) is 0. The zero-order valence-corrected chi connectivity index (χ0v) is 14.7. The molecule has 8 heteroatoms. The standard InChI is InChI=1S/C18H16N4O3S/c23-12-13-11-14(22(24)25)5-6-16(13)20-7-9-21(10-8-20)18-19-15-3-1-2-4-17(15)26-18/h1-6,11-12H,7-10H2. The van der Waals surface area contributed by atoms with Gasteiger partial charge in [-0.3, -0.25) is 14.9 Å². The van der Waals surface area contributed by atoms with Crippen LogP contribution in [-0.2, 0) is 0 Å². The molecule has 4 rings (SSSR count). The van der Waals surface area contributed by atoms with Gasteiger partial charge in [-0.15, -0.1) is 0 Å². The smallest absolute Gasteiger partial charge is 0.270 e. The Morgan fingerprint density at radius 2 is 1.81 bits per heavy atom. The zero-order chi connectivity index (χ0) is 18.1. The molecule has 132 valence electrons. The summed E-state index contributed by atoms with van der Waals surface area (Å²) in [6.07, 6.45) is 0.683. The lowest BCUT2D eigenvalue weighted by Crippen LogP contribution is -2.46. The van der Waals surface area contributed by atoms with E-state index < -0.39 is 4.92 Å². The number of aromatic nitrogens is 1. The number of para-hydroxylation sites is 1. The van der Waals surface area contributed by atoms with Crippen LogP contribution < -0.4 is 9.80 Å². The van der Waals surface area contributed by atoms with Crippen molar-refractivity contribution in [3.8, 4) is 0 Å². The van der Waals surface area contributed by atoms with Gasteiger partial charge >= 0.3 is 0 Å². The summed E-state index contributed by atoms with van der Waals surface area (Å²) in [5.41, 5.74) is 2.04. The van der Waals surface area contributed by atoms with E-state index in [0.717, 1.165) is 42.5 Å². The van der Waals surface area contributed by atoms with Gasteiger partial charge in [0, 0.05) is 49.6 Å². The number of fused-ring (bicyclic) bond motifs is 1. The fraction of sp³-hybridized carbons (Fsp3) is 0.222. The summed E-state index contributed by atoms with van der Waals surface area (Å²) in [5.74, 6) is 0. The van der Waals surface area contributed by atoms with E-state index >= 15 is 0 Å². The van der Waals surface area contributed by atoms with Gasteiger partial charge < -0.3 is 9.80 Å². The lowest BCUT2D eigenvalue weighted by Gasteiger charge is -2.36. The number of nitro groups is 1. The molecule has 0 spiro atoms. The minimum Gasteiger partial charge on any atom is -0.367 e. The number of piperazine rings is 1. The topological polar surface area (TPSA) is 79.6 Å². The van der Waals surface area contributed by atoms with Crippen molar-refractivity contribution in [3.05, 3.63) is 58.1 Å². The third kappa shape index (κ3) is 2.99. The Hall–Kier alpha value is -3.00. The average Bonchev–Trinajstić information content (AvgIpc) is 3.12. The van der Waals surface area contributed by atoms with Crippen molar-refractivity contribution in [2.24, 2.45) is 0 Å². The number of carbonyl (C=O) groups excluding carboxylic acids is 1. The van der Waals surface area contributed by atoms with Gasteiger partial charge in [0.2, 0.25) is 0 Å². The number of hydrogen-bond acceptors (Lipinski definition) is 7. The van der Waals surface area contributed by atoms with Crippen LogP contribution in [0.5, 0.6) is 0 Å². The number of non-ortho nitro benzene ring substituents is 1. The van der Waals surface area contributed by atoms with Crippen molar-refractivity contribution in [2.75, 3.05) is 36.0 Å². The van der Waals surface area contributed by atoms with Gasteiger partial charge in [-0.1, -0.05) is 23.5 Å². The summed E-state index contributed by atoms with van der Waals surface area (Å²) < 4.78 is 1.17. The number of nitrogens with zero attached hydrogens (tertiary/aromatic N) is 4. The molecule has 1 fully saturated rings. The minimum atomic E-state index is -0.484. The van der Waals surface area contributed by atoms with Gasteiger partial charge in [-0.2, -0.15) is 0 Å². The molecule has 7 nitrogen and oxygen atoms in total. The van der Waals surface area contributed by atoms with Gasteiger partial charge in [0.1, 0.15) is 0 Å². The highest BCUT2D eigenvalue weighted by atomic mass is 32.1. The largest absolute Gasteiger partial charge is 0.367 e. The molecule has 1 aromatic heterocycles. The first-order valence-electron chi connectivity index (χ1n) is 8.25. The number of benzene rings is 2. The van der Waals surface area contributed by atoms with E-state index in [4.69, 9.17) is 4.98 Å². The van der Waals surface area contributed by atoms with E-state index in [2.05, 4.69) is 15.9 Å². The van der Waals surface area contributed by atoms with Crippen LogP contribution in [-0.4, -0.2) is 42.4 Å². The summed E-state index contributed by atoms with van der Waals surface area (Å²) in [6, 6.07) is 12.5. The Morgan fingerprint density at radius 1 is 1.08 bits per heavy atom. The van der Waals surface area contributed by atoms with Gasteiger partial charge in [0.25, 0.3) is 5.69 Å². The van der Waals surface area contributed by atoms with Crippen molar-refractivity contribution in [1.82, 2.24) is 4.98 Å². The Kier molecular flexibility index (Phi) is 4.26. The molecule has 2 heterocycles. The Labute approximate surface area is 153 Å². The molecule has 0 radical (unpaired) electrons. The normalized spacial score (nSPS) is 14.6. The summed E-state index contributed by atoms with van der Waals surface area (Å²) >= 11 is 1.68. The number of carbonyl (C=O) groups is 1. The molecule has 0 atom stereocenters. The fourth-order valence-corrected chi connectivity index (χ4v) is 4.19. The molecule has 2 aromatic carbocycles. The van der Waals surface area contributed by atoms with E-state index in [9.17, 15) is 14.9 Å². The molecule has 1 saturated heterocycles. The van der Waals surface area contributed by atoms with Crippen LogP contribution >= 0.6 is 11.3 Å². The molecule has 0 N–H and O–H groups in total.